The van der Waals surface area contributed by atoms with E-state index in [1.165, 1.54) is 4.68 Å². The lowest BCUT2D eigenvalue weighted by atomic mass is 10.1. The molecule has 4 aromatic rings. The van der Waals surface area contributed by atoms with E-state index in [2.05, 4.69) is 10.4 Å². The zero-order chi connectivity index (χ0) is 21.8. The van der Waals surface area contributed by atoms with Gasteiger partial charge in [0.2, 0.25) is 0 Å². The number of nitrogens with zero attached hydrogens (tertiary/aromatic N) is 3. The van der Waals surface area contributed by atoms with E-state index in [0.717, 1.165) is 5.56 Å². The zero-order valence-electron chi connectivity index (χ0n) is 17.5. The van der Waals surface area contributed by atoms with Crippen molar-refractivity contribution in [3.63, 3.8) is 0 Å². The van der Waals surface area contributed by atoms with Gasteiger partial charge in [0.05, 0.1) is 17.1 Å². The number of likely N-dealkylation sites (N-methyl/N-ethyl adjacent to an activating group) is 1. The van der Waals surface area contributed by atoms with Crippen LogP contribution in [0.4, 0.5) is 0 Å². The van der Waals surface area contributed by atoms with Crippen LogP contribution in [-0.2, 0) is 0 Å². The van der Waals surface area contributed by atoms with Crippen LogP contribution >= 0.6 is 0 Å². The number of carbonyl (C=O) groups excluding carboxylic acids is 1. The van der Waals surface area contributed by atoms with E-state index in [1.54, 1.807) is 30.3 Å². The maximum absolute atomic E-state index is 13.4. The SMILES string of the molecule is CN(C)C[C@H](NC(=O)c1nn(-c2ccccc2)c(=O)c2ccccc12)c1ccccc1. The summed E-state index contributed by atoms with van der Waals surface area (Å²) < 4.78 is 1.29. The van der Waals surface area contributed by atoms with Crippen molar-refractivity contribution in [2.75, 3.05) is 20.6 Å². The van der Waals surface area contributed by atoms with Gasteiger partial charge >= 0.3 is 0 Å². The number of hydrogen-bond donors (Lipinski definition) is 1. The lowest BCUT2D eigenvalue weighted by Gasteiger charge is -2.23. The fraction of sp³-hybridized carbons (Fsp3) is 0.160. The maximum atomic E-state index is 13.4. The molecular formula is C25H24N4O2. The number of rotatable bonds is 6. The predicted octanol–water partition coefficient (Wildman–Crippen LogP) is 3.42. The lowest BCUT2D eigenvalue weighted by molar-refractivity contribution is 0.0925. The van der Waals surface area contributed by atoms with Gasteiger partial charge in [0.15, 0.2) is 5.69 Å². The molecule has 1 atom stereocenters. The number of carbonyl (C=O) groups is 1. The van der Waals surface area contributed by atoms with Gasteiger partial charge in [-0.1, -0.05) is 66.7 Å². The minimum Gasteiger partial charge on any atom is -0.343 e. The minimum absolute atomic E-state index is 0.221. The molecule has 0 aliphatic carbocycles. The molecule has 4 rings (SSSR count). The van der Waals surface area contributed by atoms with Crippen molar-refractivity contribution in [1.82, 2.24) is 20.0 Å². The van der Waals surface area contributed by atoms with E-state index in [4.69, 9.17) is 0 Å². The second-order valence-corrected chi connectivity index (χ2v) is 7.65. The molecule has 3 aromatic carbocycles. The molecule has 1 aromatic heterocycles. The van der Waals surface area contributed by atoms with Gasteiger partial charge in [0.25, 0.3) is 11.5 Å². The quantitative estimate of drug-likeness (QED) is 0.527. The summed E-state index contributed by atoms with van der Waals surface area (Å²) in [5.74, 6) is -0.323. The number of aromatic nitrogens is 2. The summed E-state index contributed by atoms with van der Waals surface area (Å²) in [6.07, 6.45) is 0. The standard InChI is InChI=1S/C25H24N4O2/c1-28(2)17-22(18-11-5-3-6-12-18)26-24(30)23-20-15-9-10-16-21(20)25(31)29(27-23)19-13-7-4-8-14-19/h3-16,22H,17H2,1-2H3,(H,26,30)/t22-/m0/s1. The topological polar surface area (TPSA) is 67.2 Å². The third kappa shape index (κ3) is 4.39. The van der Waals surface area contributed by atoms with Crippen molar-refractivity contribution in [3.8, 4) is 5.69 Å². The first-order valence-electron chi connectivity index (χ1n) is 10.1. The van der Waals surface area contributed by atoms with Crippen LogP contribution in [0.5, 0.6) is 0 Å². The first kappa shape index (κ1) is 20.5. The summed E-state index contributed by atoms with van der Waals surface area (Å²) >= 11 is 0. The smallest absolute Gasteiger partial charge is 0.279 e. The van der Waals surface area contributed by atoms with Gasteiger partial charge < -0.3 is 10.2 Å². The van der Waals surface area contributed by atoms with Crippen molar-refractivity contribution >= 4 is 16.7 Å². The van der Waals surface area contributed by atoms with Gasteiger partial charge in [0.1, 0.15) is 0 Å². The summed E-state index contributed by atoms with van der Waals surface area (Å²) in [6.45, 7) is 0.631. The number of para-hydroxylation sites is 1. The van der Waals surface area contributed by atoms with Gasteiger partial charge in [-0.25, -0.2) is 0 Å². The van der Waals surface area contributed by atoms with Gasteiger partial charge in [-0.2, -0.15) is 9.78 Å². The number of fused-ring (bicyclic) bond motifs is 1. The van der Waals surface area contributed by atoms with Crippen molar-refractivity contribution in [1.29, 1.82) is 0 Å². The molecule has 6 heteroatoms. The third-order valence-electron chi connectivity index (χ3n) is 5.08. The van der Waals surface area contributed by atoms with E-state index < -0.39 is 0 Å². The van der Waals surface area contributed by atoms with Gasteiger partial charge in [0, 0.05) is 11.9 Å². The zero-order valence-corrected chi connectivity index (χ0v) is 17.5. The summed E-state index contributed by atoms with van der Waals surface area (Å²) in [7, 11) is 3.93. The van der Waals surface area contributed by atoms with Crippen molar-refractivity contribution < 1.29 is 4.79 Å². The number of nitrogens with one attached hydrogen (secondary N) is 1. The van der Waals surface area contributed by atoms with E-state index >= 15 is 0 Å². The molecule has 0 saturated heterocycles. The molecule has 0 saturated carbocycles. The van der Waals surface area contributed by atoms with Crippen LogP contribution in [0, 0.1) is 0 Å². The van der Waals surface area contributed by atoms with Gasteiger partial charge in [-0.15, -0.1) is 0 Å². The molecule has 0 spiro atoms. The fourth-order valence-electron chi connectivity index (χ4n) is 3.61. The molecule has 0 bridgehead atoms. The monoisotopic (exact) mass is 412 g/mol. The highest BCUT2D eigenvalue weighted by Gasteiger charge is 2.21. The Morgan fingerprint density at radius 1 is 0.903 bits per heavy atom. The van der Waals surface area contributed by atoms with E-state index in [1.807, 2.05) is 73.6 Å². The Balaban J connectivity index is 1.80. The van der Waals surface area contributed by atoms with E-state index in [9.17, 15) is 9.59 Å². The highest BCUT2D eigenvalue weighted by molar-refractivity contribution is 6.05. The lowest BCUT2D eigenvalue weighted by Crippen LogP contribution is -2.37. The highest BCUT2D eigenvalue weighted by Crippen LogP contribution is 2.18. The Kier molecular flexibility index (Phi) is 5.91. The number of amides is 1. The average molecular weight is 412 g/mol. The molecule has 0 unspecified atom stereocenters. The second-order valence-electron chi connectivity index (χ2n) is 7.65. The maximum Gasteiger partial charge on any atom is 0.279 e. The fourth-order valence-corrected chi connectivity index (χ4v) is 3.61. The molecule has 31 heavy (non-hydrogen) atoms. The minimum atomic E-state index is -0.323. The number of hydrogen-bond acceptors (Lipinski definition) is 4. The molecule has 0 aliphatic rings. The summed E-state index contributed by atoms with van der Waals surface area (Å²) in [5, 5.41) is 8.58. The first-order chi connectivity index (χ1) is 15.0. The number of benzene rings is 3. The molecule has 0 radical (unpaired) electrons. The Labute approximate surface area is 180 Å². The van der Waals surface area contributed by atoms with Crippen LogP contribution in [0.2, 0.25) is 0 Å². The molecular weight excluding hydrogens is 388 g/mol. The Morgan fingerprint density at radius 3 is 2.13 bits per heavy atom. The molecule has 6 nitrogen and oxygen atoms in total. The molecule has 1 heterocycles. The van der Waals surface area contributed by atoms with Crippen LogP contribution in [-0.4, -0.2) is 41.2 Å². The predicted molar refractivity (Wildman–Crippen MR) is 123 cm³/mol. The van der Waals surface area contributed by atoms with E-state index in [0.29, 0.717) is 23.0 Å². The normalized spacial score (nSPS) is 12.1. The Morgan fingerprint density at radius 2 is 1.48 bits per heavy atom. The van der Waals surface area contributed by atoms with E-state index in [-0.39, 0.29) is 23.2 Å². The van der Waals surface area contributed by atoms with Crippen molar-refractivity contribution in [2.45, 2.75) is 6.04 Å². The summed E-state index contributed by atoms with van der Waals surface area (Å²) in [4.78, 5) is 28.5. The average Bonchev–Trinajstić information content (AvgIpc) is 2.80. The summed E-state index contributed by atoms with van der Waals surface area (Å²) in [5.41, 5.74) is 1.58. The highest BCUT2D eigenvalue weighted by atomic mass is 16.2. The van der Waals surface area contributed by atoms with Crippen LogP contribution in [0.25, 0.3) is 16.5 Å². The molecule has 0 fully saturated rings. The molecule has 1 N–H and O–H groups in total. The van der Waals surface area contributed by atoms with Crippen LogP contribution < -0.4 is 10.9 Å². The van der Waals surface area contributed by atoms with Crippen molar-refractivity contribution in [3.05, 3.63) is 107 Å². The molecule has 1 amide bonds. The molecule has 156 valence electrons. The van der Waals surface area contributed by atoms with Gasteiger partial charge in [-0.05, 0) is 37.9 Å². The third-order valence-corrected chi connectivity index (χ3v) is 5.08. The van der Waals surface area contributed by atoms with Crippen LogP contribution in [0.3, 0.4) is 0 Å². The van der Waals surface area contributed by atoms with Crippen molar-refractivity contribution in [2.24, 2.45) is 0 Å². The van der Waals surface area contributed by atoms with Crippen LogP contribution in [0.1, 0.15) is 22.1 Å². The summed E-state index contributed by atoms with van der Waals surface area (Å²) in [6, 6.07) is 25.8. The Hall–Kier alpha value is -3.77. The Bertz CT molecular complexity index is 1250. The second kappa shape index (κ2) is 8.93. The van der Waals surface area contributed by atoms with Crippen LogP contribution in [0.15, 0.2) is 89.7 Å². The molecule has 0 aliphatic heterocycles. The van der Waals surface area contributed by atoms with Gasteiger partial charge in [-0.3, -0.25) is 9.59 Å². The first-order valence-corrected chi connectivity index (χ1v) is 10.1. The largest absolute Gasteiger partial charge is 0.343 e.